The summed E-state index contributed by atoms with van der Waals surface area (Å²) in [7, 11) is 0. The lowest BCUT2D eigenvalue weighted by atomic mass is 10.1. The Bertz CT molecular complexity index is 674. The van der Waals surface area contributed by atoms with Crippen LogP contribution in [-0.4, -0.2) is 5.97 Å². The van der Waals surface area contributed by atoms with Crippen molar-refractivity contribution in [3.05, 3.63) is 65.1 Å². The molecule has 0 heterocycles. The first-order valence-electron chi connectivity index (χ1n) is 8.38. The van der Waals surface area contributed by atoms with Gasteiger partial charge < -0.3 is 4.74 Å². The number of hydrogen-bond acceptors (Lipinski definition) is 3. The maximum Gasteiger partial charge on any atom is 0.308 e. The van der Waals surface area contributed by atoms with Gasteiger partial charge >= 0.3 is 5.97 Å². The van der Waals surface area contributed by atoms with E-state index in [2.05, 4.69) is 37.3 Å². The Morgan fingerprint density at radius 1 is 1.08 bits per heavy atom. The van der Waals surface area contributed by atoms with Crippen molar-refractivity contribution in [1.29, 1.82) is 0 Å². The van der Waals surface area contributed by atoms with Crippen molar-refractivity contribution in [2.45, 2.75) is 44.4 Å². The average Bonchev–Trinajstić information content (AvgIpc) is 2.57. The Labute approximate surface area is 148 Å². The third-order valence-corrected chi connectivity index (χ3v) is 4.47. The average molecular weight is 340 g/mol. The molecule has 0 saturated carbocycles. The molecule has 3 heteroatoms. The topological polar surface area (TPSA) is 26.3 Å². The number of esters is 1. The van der Waals surface area contributed by atoms with E-state index in [1.807, 2.05) is 29.7 Å². The van der Waals surface area contributed by atoms with Crippen LogP contribution in [0.3, 0.4) is 0 Å². The van der Waals surface area contributed by atoms with Gasteiger partial charge in [0, 0.05) is 6.92 Å². The van der Waals surface area contributed by atoms with E-state index in [4.69, 9.17) is 4.74 Å². The van der Waals surface area contributed by atoms with Crippen LogP contribution in [0.5, 0.6) is 5.75 Å². The molecule has 0 amide bonds. The summed E-state index contributed by atoms with van der Waals surface area (Å²) in [6, 6.07) is 16.3. The number of carbonyl (C=O) groups is 1. The Balaban J connectivity index is 1.93. The smallest absolute Gasteiger partial charge is 0.308 e. The van der Waals surface area contributed by atoms with E-state index >= 15 is 0 Å². The predicted octanol–water partition coefficient (Wildman–Crippen LogP) is 6.11. The van der Waals surface area contributed by atoms with Crippen LogP contribution >= 0.6 is 11.8 Å². The molecule has 0 atom stereocenters. The highest BCUT2D eigenvalue weighted by Crippen LogP contribution is 2.30. The Kier molecular flexibility index (Phi) is 7.63. The molecule has 0 unspecified atom stereocenters. The van der Waals surface area contributed by atoms with E-state index in [0.29, 0.717) is 5.75 Å². The van der Waals surface area contributed by atoms with Crippen molar-refractivity contribution in [1.82, 2.24) is 0 Å². The van der Waals surface area contributed by atoms with Gasteiger partial charge in [-0.25, -0.2) is 0 Å². The van der Waals surface area contributed by atoms with Crippen molar-refractivity contribution in [3.63, 3.8) is 0 Å². The lowest BCUT2D eigenvalue weighted by Gasteiger charge is -2.05. The van der Waals surface area contributed by atoms with Gasteiger partial charge in [0.1, 0.15) is 5.75 Å². The molecule has 2 aromatic rings. The third kappa shape index (κ3) is 6.25. The minimum atomic E-state index is -0.300. The molecule has 2 nitrogen and oxygen atoms in total. The van der Waals surface area contributed by atoms with Crippen LogP contribution in [0.15, 0.2) is 58.8 Å². The number of para-hydroxylation sites is 1. The Morgan fingerprint density at radius 3 is 2.54 bits per heavy atom. The molecule has 0 fully saturated rings. The van der Waals surface area contributed by atoms with Gasteiger partial charge in [-0.15, -0.1) is 0 Å². The fraction of sp³-hybridized carbons (Fsp3) is 0.286. The van der Waals surface area contributed by atoms with Crippen molar-refractivity contribution in [2.75, 3.05) is 0 Å². The van der Waals surface area contributed by atoms with Crippen molar-refractivity contribution < 1.29 is 9.53 Å². The molecule has 2 aromatic carbocycles. The molecule has 0 saturated heterocycles. The summed E-state index contributed by atoms with van der Waals surface area (Å²) in [5, 5.41) is 2.02. The standard InChI is InChI=1S/C21H24O2S/c1-3-4-5-8-18-11-13-19(14-12-18)15-16-24-21-10-7-6-9-20(21)23-17(2)22/h6-7,9-16H,3-5,8H2,1-2H3. The molecule has 126 valence electrons. The van der Waals surface area contributed by atoms with Crippen LogP contribution in [0.1, 0.15) is 44.2 Å². The van der Waals surface area contributed by atoms with Gasteiger partial charge in [-0.3, -0.25) is 4.79 Å². The number of rotatable bonds is 8. The molecule has 0 aliphatic carbocycles. The Hall–Kier alpha value is -2.00. The highest BCUT2D eigenvalue weighted by Gasteiger charge is 2.04. The molecular weight excluding hydrogens is 316 g/mol. The summed E-state index contributed by atoms with van der Waals surface area (Å²) in [4.78, 5) is 12.1. The van der Waals surface area contributed by atoms with Crippen LogP contribution in [0.4, 0.5) is 0 Å². The quantitative estimate of drug-likeness (QED) is 0.251. The van der Waals surface area contributed by atoms with Gasteiger partial charge in [-0.05, 0) is 47.6 Å². The first-order valence-corrected chi connectivity index (χ1v) is 9.26. The monoisotopic (exact) mass is 340 g/mol. The Morgan fingerprint density at radius 2 is 1.83 bits per heavy atom. The van der Waals surface area contributed by atoms with Gasteiger partial charge in [0.05, 0.1) is 4.90 Å². The zero-order chi connectivity index (χ0) is 17.2. The van der Waals surface area contributed by atoms with Crippen LogP contribution < -0.4 is 4.74 Å². The number of aryl methyl sites for hydroxylation is 1. The lowest BCUT2D eigenvalue weighted by molar-refractivity contribution is -0.132. The highest BCUT2D eigenvalue weighted by atomic mass is 32.2. The van der Waals surface area contributed by atoms with Crippen LogP contribution in [0.25, 0.3) is 6.08 Å². The maximum atomic E-state index is 11.1. The molecule has 0 bridgehead atoms. The second-order valence-corrected chi connectivity index (χ2v) is 6.61. The van der Waals surface area contributed by atoms with E-state index in [9.17, 15) is 4.79 Å². The fourth-order valence-corrected chi connectivity index (χ4v) is 3.10. The molecule has 2 rings (SSSR count). The zero-order valence-electron chi connectivity index (χ0n) is 14.3. The number of unbranched alkanes of at least 4 members (excludes halogenated alkanes) is 2. The molecule has 0 aromatic heterocycles. The van der Waals surface area contributed by atoms with Gasteiger partial charge in [0.25, 0.3) is 0 Å². The van der Waals surface area contributed by atoms with Gasteiger partial charge in [0.15, 0.2) is 0 Å². The van der Waals surface area contributed by atoms with Gasteiger partial charge in [-0.1, -0.05) is 67.9 Å². The van der Waals surface area contributed by atoms with E-state index in [1.54, 1.807) is 11.8 Å². The van der Waals surface area contributed by atoms with E-state index in [0.717, 1.165) is 11.3 Å². The van der Waals surface area contributed by atoms with Crippen LogP contribution in [0, 0.1) is 0 Å². The first-order chi connectivity index (χ1) is 11.7. The molecule has 0 aliphatic heterocycles. The summed E-state index contributed by atoms with van der Waals surface area (Å²) in [6.45, 7) is 3.64. The third-order valence-electron chi connectivity index (χ3n) is 3.61. The minimum Gasteiger partial charge on any atom is -0.426 e. The summed E-state index contributed by atoms with van der Waals surface area (Å²) in [5.74, 6) is 0.302. The minimum absolute atomic E-state index is 0.300. The van der Waals surface area contributed by atoms with E-state index < -0.39 is 0 Å². The SMILES string of the molecule is CCCCCc1ccc(C=CSc2ccccc2OC(C)=O)cc1. The summed E-state index contributed by atoms with van der Waals surface area (Å²) in [6.07, 6.45) is 7.04. The summed E-state index contributed by atoms with van der Waals surface area (Å²) in [5.41, 5.74) is 2.57. The lowest BCUT2D eigenvalue weighted by Crippen LogP contribution is -2.01. The largest absolute Gasteiger partial charge is 0.426 e. The first kappa shape index (κ1) is 18.3. The van der Waals surface area contributed by atoms with Gasteiger partial charge in [0.2, 0.25) is 0 Å². The van der Waals surface area contributed by atoms with E-state index in [-0.39, 0.29) is 5.97 Å². The molecule has 0 N–H and O–H groups in total. The number of benzene rings is 2. The van der Waals surface area contributed by atoms with Crippen LogP contribution in [0.2, 0.25) is 0 Å². The molecule has 24 heavy (non-hydrogen) atoms. The normalized spacial score (nSPS) is 10.9. The predicted molar refractivity (Wildman–Crippen MR) is 102 cm³/mol. The molecule has 0 radical (unpaired) electrons. The molecule has 0 spiro atoms. The highest BCUT2D eigenvalue weighted by molar-refractivity contribution is 8.02. The number of hydrogen-bond donors (Lipinski definition) is 0. The molecule has 0 aliphatic rings. The summed E-state index contributed by atoms with van der Waals surface area (Å²) >= 11 is 1.55. The van der Waals surface area contributed by atoms with E-state index in [1.165, 1.54) is 37.3 Å². The maximum absolute atomic E-state index is 11.1. The second-order valence-electron chi connectivity index (χ2n) is 5.66. The van der Waals surface area contributed by atoms with Gasteiger partial charge in [-0.2, -0.15) is 0 Å². The molecular formula is C21H24O2S. The number of ether oxygens (including phenoxy) is 1. The van der Waals surface area contributed by atoms with Crippen LogP contribution in [-0.2, 0) is 11.2 Å². The van der Waals surface area contributed by atoms with Crippen molar-refractivity contribution in [3.8, 4) is 5.75 Å². The number of thioether (sulfide) groups is 1. The fourth-order valence-electron chi connectivity index (χ4n) is 2.35. The number of carbonyl (C=O) groups excluding carboxylic acids is 1. The second kappa shape index (κ2) is 9.99. The zero-order valence-corrected chi connectivity index (χ0v) is 15.1. The van der Waals surface area contributed by atoms with Crippen molar-refractivity contribution >= 4 is 23.8 Å². The summed E-state index contributed by atoms with van der Waals surface area (Å²) < 4.78 is 5.22. The van der Waals surface area contributed by atoms with Crippen molar-refractivity contribution in [2.24, 2.45) is 0 Å².